The van der Waals surface area contributed by atoms with Crippen molar-refractivity contribution >= 4 is 14.3 Å². The normalized spacial score (nSPS) is 15.9. The van der Waals surface area contributed by atoms with E-state index in [2.05, 4.69) is 70.0 Å². The zero-order valence-electron chi connectivity index (χ0n) is 26.4. The molecular formula is C35H53NO4Si. The third-order valence-electron chi connectivity index (χ3n) is 8.14. The first kappa shape index (κ1) is 34.7. The topological polar surface area (TPSA) is 59.0 Å². The molecule has 2 rings (SSSR count). The van der Waals surface area contributed by atoms with Crippen LogP contribution < -0.4 is 0 Å². The molecule has 0 aliphatic rings. The Kier molecular flexibility index (Phi) is 13.7. The molecule has 41 heavy (non-hydrogen) atoms. The number of hydrogen-bond donors (Lipinski definition) is 1. The lowest BCUT2D eigenvalue weighted by Gasteiger charge is -2.47. The van der Waals surface area contributed by atoms with Crippen LogP contribution in [0.1, 0.15) is 72.1 Å². The molecule has 2 aromatic carbocycles. The highest BCUT2D eigenvalue weighted by Gasteiger charge is 2.47. The zero-order valence-corrected chi connectivity index (χ0v) is 27.4. The highest BCUT2D eigenvalue weighted by atomic mass is 28.4. The van der Waals surface area contributed by atoms with E-state index in [1.165, 1.54) is 6.08 Å². The maximum atomic E-state index is 14.1. The molecule has 0 aliphatic heterocycles. The van der Waals surface area contributed by atoms with Crippen LogP contribution in [0, 0.1) is 5.92 Å². The highest BCUT2D eigenvalue weighted by molar-refractivity contribution is 6.73. The number of esters is 1. The molecule has 2 aromatic rings. The van der Waals surface area contributed by atoms with Gasteiger partial charge in [0, 0.05) is 12.6 Å². The molecule has 0 saturated carbocycles. The van der Waals surface area contributed by atoms with Gasteiger partial charge in [-0.2, -0.15) is 0 Å². The molecule has 0 aliphatic carbocycles. The molecule has 0 bridgehead atoms. The monoisotopic (exact) mass is 579 g/mol. The van der Waals surface area contributed by atoms with Gasteiger partial charge in [0.15, 0.2) is 8.32 Å². The van der Waals surface area contributed by atoms with Crippen LogP contribution in [-0.4, -0.2) is 48.1 Å². The summed E-state index contributed by atoms with van der Waals surface area (Å²) in [5, 5.41) is 11.5. The van der Waals surface area contributed by atoms with Crippen LogP contribution in [0.3, 0.4) is 0 Å². The lowest BCUT2D eigenvalue weighted by molar-refractivity contribution is -0.170. The molecule has 5 nitrogen and oxygen atoms in total. The molecule has 0 unspecified atom stereocenters. The van der Waals surface area contributed by atoms with Gasteiger partial charge in [0.25, 0.3) is 0 Å². The predicted octanol–water partition coefficient (Wildman–Crippen LogP) is 8.09. The smallest absolute Gasteiger partial charge is 0.314 e. The number of aliphatic hydroxyl groups excluding tert-OH is 1. The van der Waals surface area contributed by atoms with E-state index in [9.17, 15) is 9.90 Å². The lowest BCUT2D eigenvalue weighted by atomic mass is 9.85. The molecule has 5 atom stereocenters. The number of ether oxygens (including phenoxy) is 1. The Hall–Kier alpha value is -2.51. The van der Waals surface area contributed by atoms with Gasteiger partial charge in [0.2, 0.25) is 0 Å². The van der Waals surface area contributed by atoms with Crippen molar-refractivity contribution in [3.05, 3.63) is 97.1 Å². The van der Waals surface area contributed by atoms with E-state index >= 15 is 0 Å². The minimum Gasteiger partial charge on any atom is -0.460 e. The third kappa shape index (κ3) is 9.78. The fraction of sp³-hybridized carbons (Fsp3) is 0.514. The van der Waals surface area contributed by atoms with Crippen molar-refractivity contribution in [2.24, 2.45) is 5.92 Å². The van der Waals surface area contributed by atoms with E-state index < -0.39 is 38.0 Å². The minimum atomic E-state index is -2.14. The van der Waals surface area contributed by atoms with Gasteiger partial charge in [-0.25, -0.2) is 0 Å². The third-order valence-corrected chi connectivity index (χ3v) is 12.8. The quantitative estimate of drug-likeness (QED) is 0.117. The molecule has 0 amide bonds. The Morgan fingerprint density at radius 3 is 1.98 bits per heavy atom. The summed E-state index contributed by atoms with van der Waals surface area (Å²) in [6.45, 7) is 22.9. The molecule has 6 heteroatoms. The second-order valence-electron chi connectivity index (χ2n) is 11.9. The maximum Gasteiger partial charge on any atom is 0.314 e. The molecule has 0 fully saturated rings. The number of carbonyl (C=O) groups excluding carboxylic acids is 1. The second-order valence-corrected chi connectivity index (χ2v) is 16.7. The number of rotatable bonds is 17. The van der Waals surface area contributed by atoms with Gasteiger partial charge in [0.1, 0.15) is 11.5 Å². The average Bonchev–Trinajstić information content (AvgIpc) is 2.96. The summed E-state index contributed by atoms with van der Waals surface area (Å²) in [4.78, 5) is 16.4. The SMILES string of the molecule is C=CC[C@@H](O[Si](CC)(CC)CC)[C@@H]([C@@H](C(=O)OC(C)(C)C)[C@@H](O)C=C)N(Cc1ccccc1)[C@@H](C)c1ccccc1. The van der Waals surface area contributed by atoms with Crippen molar-refractivity contribution < 1.29 is 19.1 Å². The van der Waals surface area contributed by atoms with E-state index in [1.807, 2.05) is 63.2 Å². The van der Waals surface area contributed by atoms with Crippen molar-refractivity contribution in [2.75, 3.05) is 0 Å². The first-order valence-electron chi connectivity index (χ1n) is 15.1. The standard InChI is InChI=1S/C35H53NO4Si/c1-10-21-31(40-41(12-3,13-4)14-5)33(32(30(37)11-2)34(38)39-35(7,8)9)36(26-28-22-17-15-18-23-28)27(6)29-24-19-16-20-25-29/h10-11,15-20,22-25,27,30-33,37H,1-2,12-14,21,26H2,3-9H3/t27-,30-,31+,32-,33-/m0/s1. The van der Waals surface area contributed by atoms with Gasteiger partial charge >= 0.3 is 5.97 Å². The highest BCUT2D eigenvalue weighted by Crippen LogP contribution is 2.37. The van der Waals surface area contributed by atoms with Crippen LogP contribution in [0.2, 0.25) is 18.1 Å². The number of carbonyl (C=O) groups is 1. The van der Waals surface area contributed by atoms with Crippen LogP contribution in [0.15, 0.2) is 86.0 Å². The maximum absolute atomic E-state index is 14.1. The number of benzene rings is 2. The van der Waals surface area contributed by atoms with Gasteiger partial charge in [0.05, 0.1) is 18.2 Å². The van der Waals surface area contributed by atoms with Gasteiger partial charge in [-0.3, -0.25) is 9.69 Å². The molecule has 0 aromatic heterocycles. The molecule has 226 valence electrons. The molecule has 0 radical (unpaired) electrons. The van der Waals surface area contributed by atoms with Crippen molar-refractivity contribution in [1.29, 1.82) is 0 Å². The average molecular weight is 580 g/mol. The van der Waals surface area contributed by atoms with Crippen LogP contribution in [0.5, 0.6) is 0 Å². The predicted molar refractivity (Wildman–Crippen MR) is 173 cm³/mol. The van der Waals surface area contributed by atoms with Crippen LogP contribution in [-0.2, 0) is 20.5 Å². The van der Waals surface area contributed by atoms with Gasteiger partial charge < -0.3 is 14.3 Å². The first-order valence-corrected chi connectivity index (χ1v) is 17.7. The van der Waals surface area contributed by atoms with E-state index in [-0.39, 0.29) is 12.1 Å². The summed E-state index contributed by atoms with van der Waals surface area (Å²) >= 11 is 0. The second kappa shape index (κ2) is 16.2. The molecule has 0 saturated heterocycles. The van der Waals surface area contributed by atoms with Gasteiger partial charge in [-0.15, -0.1) is 13.2 Å². The zero-order chi connectivity index (χ0) is 30.6. The fourth-order valence-electron chi connectivity index (χ4n) is 5.61. The van der Waals surface area contributed by atoms with Crippen LogP contribution >= 0.6 is 0 Å². The molecule has 0 heterocycles. The number of hydrogen-bond acceptors (Lipinski definition) is 5. The van der Waals surface area contributed by atoms with Gasteiger partial charge in [-0.05, 0) is 63.4 Å². The largest absolute Gasteiger partial charge is 0.460 e. The van der Waals surface area contributed by atoms with E-state index in [0.29, 0.717) is 13.0 Å². The lowest BCUT2D eigenvalue weighted by Crippen LogP contribution is -2.58. The van der Waals surface area contributed by atoms with Crippen molar-refractivity contribution in [3.63, 3.8) is 0 Å². The molecule has 1 N–H and O–H groups in total. The number of aliphatic hydroxyl groups is 1. The Bertz CT molecular complexity index is 1060. The molecule has 0 spiro atoms. The van der Waals surface area contributed by atoms with Crippen LogP contribution in [0.25, 0.3) is 0 Å². The summed E-state index contributed by atoms with van der Waals surface area (Å²) in [6.07, 6.45) is 2.34. The van der Waals surface area contributed by atoms with E-state index in [1.54, 1.807) is 0 Å². The Labute approximate surface area is 250 Å². The van der Waals surface area contributed by atoms with E-state index in [0.717, 1.165) is 29.3 Å². The fourth-order valence-corrected chi connectivity index (χ4v) is 8.49. The summed E-state index contributed by atoms with van der Waals surface area (Å²) in [5.74, 6) is -1.38. The van der Waals surface area contributed by atoms with Crippen molar-refractivity contribution in [1.82, 2.24) is 4.90 Å². The minimum absolute atomic E-state index is 0.0970. The summed E-state index contributed by atoms with van der Waals surface area (Å²) in [5.41, 5.74) is 1.50. The first-order chi connectivity index (χ1) is 19.5. The Balaban J connectivity index is 2.86. The van der Waals surface area contributed by atoms with Crippen molar-refractivity contribution in [2.45, 2.75) is 109 Å². The Morgan fingerprint density at radius 1 is 0.976 bits per heavy atom. The molecular weight excluding hydrogens is 526 g/mol. The van der Waals surface area contributed by atoms with Crippen molar-refractivity contribution in [3.8, 4) is 0 Å². The Morgan fingerprint density at radius 2 is 1.51 bits per heavy atom. The van der Waals surface area contributed by atoms with Gasteiger partial charge in [-0.1, -0.05) is 93.6 Å². The summed E-state index contributed by atoms with van der Waals surface area (Å²) in [6, 6.07) is 22.8. The van der Waals surface area contributed by atoms with Crippen LogP contribution in [0.4, 0.5) is 0 Å². The number of nitrogens with zero attached hydrogens (tertiary/aromatic N) is 1. The summed E-state index contributed by atoms with van der Waals surface area (Å²) in [7, 11) is -2.14. The summed E-state index contributed by atoms with van der Waals surface area (Å²) < 4.78 is 13.2. The van der Waals surface area contributed by atoms with E-state index in [4.69, 9.17) is 9.16 Å².